The van der Waals surface area contributed by atoms with Crippen molar-refractivity contribution in [2.45, 2.75) is 0 Å². The van der Waals surface area contributed by atoms with E-state index in [-0.39, 0.29) is 5.56 Å². The Morgan fingerprint density at radius 3 is 2.48 bits per heavy atom. The van der Waals surface area contributed by atoms with Gasteiger partial charge in [-0.2, -0.15) is 0 Å². The predicted octanol–water partition coefficient (Wildman–Crippen LogP) is 4.96. The summed E-state index contributed by atoms with van der Waals surface area (Å²) in [6.07, 6.45) is 6.46. The average molecular weight is 460 g/mol. The van der Waals surface area contributed by atoms with Gasteiger partial charge < -0.3 is 10.7 Å². The van der Waals surface area contributed by atoms with Gasteiger partial charge >= 0.3 is 0 Å². The maximum absolute atomic E-state index is 14.7. The molecule has 5 aromatic rings. The molecule has 5 rings (SSSR count). The number of H-pyrrole nitrogens is 1. The maximum Gasteiger partial charge on any atom is 0.251 e. The number of primary amides is 1. The Bertz CT molecular complexity index is 1540. The van der Waals surface area contributed by atoms with Crippen LogP contribution in [0.15, 0.2) is 67.3 Å². The van der Waals surface area contributed by atoms with E-state index in [9.17, 15) is 18.4 Å². The van der Waals surface area contributed by atoms with Crippen LogP contribution in [0.2, 0.25) is 0 Å². The second kappa shape index (κ2) is 8.03. The number of aromatic amines is 1. The SMILES string of the molecule is NC(=O)c1ccc(F)c(C(=O)c2c[nH]c3ncc(-c4ccc(-c5cccnc5)s4)cc23)c1F. The number of nitrogens with zero attached hydrogens (tertiary/aromatic N) is 2. The number of hydrogen-bond acceptors (Lipinski definition) is 5. The van der Waals surface area contributed by atoms with Crippen molar-refractivity contribution in [2.24, 2.45) is 5.73 Å². The van der Waals surface area contributed by atoms with E-state index >= 15 is 0 Å². The number of amides is 1. The first-order valence-corrected chi connectivity index (χ1v) is 10.6. The molecule has 0 aliphatic heterocycles. The number of nitrogens with two attached hydrogens (primary N) is 1. The fourth-order valence-corrected chi connectivity index (χ4v) is 4.55. The number of carbonyl (C=O) groups is 2. The molecule has 0 bridgehead atoms. The topological polar surface area (TPSA) is 102 Å². The number of nitrogens with one attached hydrogen (secondary N) is 1. The number of carbonyl (C=O) groups excluding carboxylic acids is 2. The summed E-state index contributed by atoms with van der Waals surface area (Å²) in [6.45, 7) is 0. The van der Waals surface area contributed by atoms with Gasteiger partial charge in [-0.3, -0.25) is 14.6 Å². The fourth-order valence-electron chi connectivity index (χ4n) is 3.57. The molecule has 0 spiro atoms. The second-order valence-corrected chi connectivity index (χ2v) is 8.29. The zero-order valence-electron chi connectivity index (χ0n) is 16.8. The van der Waals surface area contributed by atoms with Crippen molar-refractivity contribution >= 4 is 34.1 Å². The van der Waals surface area contributed by atoms with Gasteiger partial charge in [0.25, 0.3) is 5.91 Å². The van der Waals surface area contributed by atoms with Crippen LogP contribution in [0.5, 0.6) is 0 Å². The number of benzene rings is 1. The molecule has 0 saturated heterocycles. The summed E-state index contributed by atoms with van der Waals surface area (Å²) >= 11 is 1.52. The monoisotopic (exact) mass is 460 g/mol. The van der Waals surface area contributed by atoms with Crippen LogP contribution < -0.4 is 5.73 Å². The van der Waals surface area contributed by atoms with Gasteiger partial charge in [0.05, 0.1) is 11.1 Å². The highest BCUT2D eigenvalue weighted by atomic mass is 32.1. The summed E-state index contributed by atoms with van der Waals surface area (Å²) in [5.74, 6) is -4.38. The molecule has 6 nitrogen and oxygen atoms in total. The smallest absolute Gasteiger partial charge is 0.251 e. The molecule has 1 amide bonds. The molecule has 9 heteroatoms. The standard InChI is InChI=1S/C24H14F2N4O2S/c25-17-4-3-14(23(27)32)21(26)20(17)22(31)16-11-30-24-15(16)8-13(10-29-24)19-6-5-18(33-19)12-2-1-7-28-9-12/h1-11H,(H2,27,32)(H,29,30). The van der Waals surface area contributed by atoms with Gasteiger partial charge in [0.15, 0.2) is 0 Å². The predicted molar refractivity (Wildman–Crippen MR) is 121 cm³/mol. The van der Waals surface area contributed by atoms with Crippen LogP contribution in [0.25, 0.3) is 31.9 Å². The van der Waals surface area contributed by atoms with E-state index in [1.54, 1.807) is 24.7 Å². The van der Waals surface area contributed by atoms with Crippen molar-refractivity contribution in [3.05, 3.63) is 95.6 Å². The molecule has 0 saturated carbocycles. The highest BCUT2D eigenvalue weighted by Crippen LogP contribution is 2.35. The number of pyridine rings is 2. The molecule has 162 valence electrons. The second-order valence-electron chi connectivity index (χ2n) is 7.21. The average Bonchev–Trinajstić information content (AvgIpc) is 3.46. The van der Waals surface area contributed by atoms with Crippen LogP contribution in [-0.2, 0) is 0 Å². The first-order chi connectivity index (χ1) is 15.9. The van der Waals surface area contributed by atoms with Gasteiger partial charge in [0, 0.05) is 56.6 Å². The van der Waals surface area contributed by atoms with E-state index in [1.807, 2.05) is 24.3 Å². The van der Waals surface area contributed by atoms with Crippen LogP contribution in [0.4, 0.5) is 8.78 Å². The van der Waals surface area contributed by atoms with Gasteiger partial charge in [-0.1, -0.05) is 6.07 Å². The highest BCUT2D eigenvalue weighted by Gasteiger charge is 2.26. The number of halogens is 2. The maximum atomic E-state index is 14.7. The third kappa shape index (κ3) is 3.58. The van der Waals surface area contributed by atoms with Crippen molar-refractivity contribution in [2.75, 3.05) is 0 Å². The molecular weight excluding hydrogens is 446 g/mol. The summed E-state index contributed by atoms with van der Waals surface area (Å²) in [5, 5.41) is 0.400. The molecule has 4 heterocycles. The van der Waals surface area contributed by atoms with Crippen LogP contribution in [0.3, 0.4) is 0 Å². The van der Waals surface area contributed by atoms with Crippen molar-refractivity contribution < 1.29 is 18.4 Å². The first kappa shape index (κ1) is 20.7. The Morgan fingerprint density at radius 2 is 1.76 bits per heavy atom. The molecule has 33 heavy (non-hydrogen) atoms. The van der Waals surface area contributed by atoms with Gasteiger partial charge in [-0.15, -0.1) is 11.3 Å². The molecule has 4 aromatic heterocycles. The van der Waals surface area contributed by atoms with E-state index in [4.69, 9.17) is 5.73 Å². The van der Waals surface area contributed by atoms with Crippen molar-refractivity contribution in [1.82, 2.24) is 15.0 Å². The van der Waals surface area contributed by atoms with E-state index < -0.39 is 34.5 Å². The zero-order valence-corrected chi connectivity index (χ0v) is 17.6. The summed E-state index contributed by atoms with van der Waals surface area (Å²) in [4.78, 5) is 37.8. The van der Waals surface area contributed by atoms with Crippen LogP contribution in [0, 0.1) is 11.6 Å². The molecule has 1 aromatic carbocycles. The molecule has 0 fully saturated rings. The lowest BCUT2D eigenvalue weighted by molar-refractivity contribution is 0.0996. The molecule has 0 atom stereocenters. The summed E-state index contributed by atoms with van der Waals surface area (Å²) in [5.41, 5.74) is 5.87. The number of thiophene rings is 1. The highest BCUT2D eigenvalue weighted by molar-refractivity contribution is 7.18. The lowest BCUT2D eigenvalue weighted by atomic mass is 9.99. The first-order valence-electron chi connectivity index (χ1n) is 9.74. The fraction of sp³-hybridized carbons (Fsp3) is 0. The Labute approximate surface area is 189 Å². The minimum atomic E-state index is -1.29. The number of rotatable bonds is 5. The number of ketones is 1. The van der Waals surface area contributed by atoms with E-state index in [2.05, 4.69) is 15.0 Å². The van der Waals surface area contributed by atoms with Crippen molar-refractivity contribution in [1.29, 1.82) is 0 Å². The lowest BCUT2D eigenvalue weighted by Gasteiger charge is -2.07. The zero-order chi connectivity index (χ0) is 23.1. The van der Waals surface area contributed by atoms with Gasteiger partial charge in [-0.05, 0) is 36.4 Å². The molecule has 0 aliphatic carbocycles. The quantitative estimate of drug-likeness (QED) is 0.362. The Hall–Kier alpha value is -4.24. The summed E-state index contributed by atoms with van der Waals surface area (Å²) in [7, 11) is 0. The van der Waals surface area contributed by atoms with E-state index in [0.717, 1.165) is 33.0 Å². The van der Waals surface area contributed by atoms with Gasteiger partial charge in [-0.25, -0.2) is 13.8 Å². The lowest BCUT2D eigenvalue weighted by Crippen LogP contribution is -2.17. The van der Waals surface area contributed by atoms with Crippen LogP contribution in [0.1, 0.15) is 26.3 Å². The number of hydrogen-bond donors (Lipinski definition) is 2. The number of aromatic nitrogens is 3. The normalized spacial score (nSPS) is 11.1. The van der Waals surface area contributed by atoms with Crippen molar-refractivity contribution in [3.63, 3.8) is 0 Å². The Balaban J connectivity index is 1.58. The molecule has 3 N–H and O–H groups in total. The Kier molecular flexibility index (Phi) is 5.02. The molecule has 0 aliphatic rings. The third-order valence-electron chi connectivity index (χ3n) is 5.20. The Morgan fingerprint density at radius 1 is 0.970 bits per heavy atom. The van der Waals surface area contributed by atoms with E-state index in [0.29, 0.717) is 11.0 Å². The minimum Gasteiger partial charge on any atom is -0.366 e. The minimum absolute atomic E-state index is 0.0304. The van der Waals surface area contributed by atoms with Crippen LogP contribution >= 0.6 is 11.3 Å². The van der Waals surface area contributed by atoms with Crippen LogP contribution in [-0.4, -0.2) is 26.6 Å². The third-order valence-corrected chi connectivity index (χ3v) is 6.38. The molecule has 0 radical (unpaired) electrons. The molecular formula is C24H14F2N4O2S. The molecule has 0 unspecified atom stereocenters. The van der Waals surface area contributed by atoms with Gasteiger partial charge in [0.2, 0.25) is 5.78 Å². The number of fused-ring (bicyclic) bond motifs is 1. The summed E-state index contributed by atoms with van der Waals surface area (Å²) in [6, 6.07) is 11.2. The largest absolute Gasteiger partial charge is 0.366 e. The van der Waals surface area contributed by atoms with Crippen molar-refractivity contribution in [3.8, 4) is 20.9 Å². The van der Waals surface area contributed by atoms with E-state index in [1.165, 1.54) is 17.5 Å². The summed E-state index contributed by atoms with van der Waals surface area (Å²) < 4.78 is 29.1. The van der Waals surface area contributed by atoms with Gasteiger partial charge in [0.1, 0.15) is 17.3 Å².